The van der Waals surface area contributed by atoms with Crippen molar-refractivity contribution in [3.63, 3.8) is 0 Å². The molecule has 3 aromatic heterocycles. The monoisotopic (exact) mass is 422 g/mol. The van der Waals surface area contributed by atoms with Crippen LogP contribution in [-0.2, 0) is 0 Å². The van der Waals surface area contributed by atoms with Crippen LogP contribution >= 0.6 is 22.9 Å². The highest BCUT2D eigenvalue weighted by atomic mass is 35.5. The lowest BCUT2D eigenvalue weighted by atomic mass is 10.3. The molecule has 5 aromatic rings. The summed E-state index contributed by atoms with van der Waals surface area (Å²) in [5.41, 5.74) is 3.23. The maximum atomic E-state index is 6.36. The van der Waals surface area contributed by atoms with Crippen LogP contribution in [0.15, 0.2) is 48.5 Å². The van der Waals surface area contributed by atoms with Gasteiger partial charge in [-0.05, 0) is 37.3 Å². The summed E-state index contributed by atoms with van der Waals surface area (Å²) in [5, 5.41) is 8.87. The van der Waals surface area contributed by atoms with Crippen molar-refractivity contribution >= 4 is 55.8 Å². The smallest absolute Gasteiger partial charge is 0.213 e. The first-order valence-electron chi connectivity index (χ1n) is 8.81. The Morgan fingerprint density at radius 3 is 2.59 bits per heavy atom. The van der Waals surface area contributed by atoms with E-state index >= 15 is 0 Å². The van der Waals surface area contributed by atoms with Crippen LogP contribution in [0.3, 0.4) is 0 Å². The van der Waals surface area contributed by atoms with E-state index in [0.717, 1.165) is 37.8 Å². The SMILES string of the molecule is COc1ccc2nc(-n3nc(C)cc3Nc3nc4ccccc4nc3Cl)sc2c1. The van der Waals surface area contributed by atoms with Gasteiger partial charge in [-0.15, -0.1) is 0 Å². The van der Waals surface area contributed by atoms with Crippen LogP contribution in [-0.4, -0.2) is 31.8 Å². The van der Waals surface area contributed by atoms with Crippen LogP contribution in [0.4, 0.5) is 11.6 Å². The fourth-order valence-corrected chi connectivity index (χ4v) is 4.16. The minimum absolute atomic E-state index is 0.295. The topological polar surface area (TPSA) is 77.8 Å². The molecule has 7 nitrogen and oxygen atoms in total. The number of aromatic nitrogens is 5. The fourth-order valence-electron chi connectivity index (χ4n) is 3.02. The normalized spacial score (nSPS) is 11.3. The number of methoxy groups -OCH3 is 1. The predicted octanol–water partition coefficient (Wildman–Crippen LogP) is 5.14. The van der Waals surface area contributed by atoms with Gasteiger partial charge in [0.1, 0.15) is 11.6 Å². The third-order valence-corrected chi connectivity index (χ3v) is 5.63. The summed E-state index contributed by atoms with van der Waals surface area (Å²) in [6, 6.07) is 15.3. The lowest BCUT2D eigenvalue weighted by Crippen LogP contribution is -2.04. The summed E-state index contributed by atoms with van der Waals surface area (Å²) in [6.45, 7) is 1.92. The van der Waals surface area contributed by atoms with Crippen molar-refractivity contribution in [1.29, 1.82) is 0 Å². The zero-order chi connectivity index (χ0) is 20.0. The third-order valence-electron chi connectivity index (χ3n) is 4.37. The number of fused-ring (bicyclic) bond motifs is 2. The Morgan fingerprint density at radius 1 is 1.00 bits per heavy atom. The van der Waals surface area contributed by atoms with Crippen LogP contribution in [0, 0.1) is 6.92 Å². The number of ether oxygens (including phenoxy) is 1. The molecule has 0 aliphatic rings. The van der Waals surface area contributed by atoms with Crippen molar-refractivity contribution in [2.75, 3.05) is 12.4 Å². The zero-order valence-electron chi connectivity index (χ0n) is 15.5. The summed E-state index contributed by atoms with van der Waals surface area (Å²) >= 11 is 7.89. The van der Waals surface area contributed by atoms with Crippen molar-refractivity contribution in [3.8, 4) is 10.9 Å². The highest BCUT2D eigenvalue weighted by molar-refractivity contribution is 7.20. The molecule has 0 fully saturated rings. The molecule has 0 saturated heterocycles. The van der Waals surface area contributed by atoms with E-state index in [0.29, 0.717) is 16.8 Å². The number of aryl methyl sites for hydroxylation is 1. The molecule has 1 N–H and O–H groups in total. The van der Waals surface area contributed by atoms with E-state index in [1.165, 1.54) is 11.3 Å². The highest BCUT2D eigenvalue weighted by Crippen LogP contribution is 2.31. The van der Waals surface area contributed by atoms with Crippen LogP contribution in [0.5, 0.6) is 5.75 Å². The Balaban J connectivity index is 1.57. The van der Waals surface area contributed by atoms with E-state index in [1.807, 2.05) is 55.5 Å². The Morgan fingerprint density at radius 2 is 1.79 bits per heavy atom. The quantitative estimate of drug-likeness (QED) is 0.432. The van der Waals surface area contributed by atoms with Gasteiger partial charge in [-0.2, -0.15) is 9.78 Å². The van der Waals surface area contributed by atoms with Crippen LogP contribution < -0.4 is 10.1 Å². The number of hydrogen-bond donors (Lipinski definition) is 1. The number of rotatable bonds is 4. The van der Waals surface area contributed by atoms with Crippen molar-refractivity contribution in [3.05, 3.63) is 59.4 Å². The third kappa shape index (κ3) is 3.26. The molecule has 0 spiro atoms. The number of anilines is 2. The predicted molar refractivity (Wildman–Crippen MR) is 116 cm³/mol. The lowest BCUT2D eigenvalue weighted by molar-refractivity contribution is 0.415. The number of thiazole rings is 1. The van der Waals surface area contributed by atoms with E-state index < -0.39 is 0 Å². The van der Waals surface area contributed by atoms with E-state index in [4.69, 9.17) is 21.3 Å². The molecule has 0 aliphatic carbocycles. The minimum atomic E-state index is 0.295. The Kier molecular flexibility index (Phi) is 4.30. The number of nitrogens with zero attached hydrogens (tertiary/aromatic N) is 5. The van der Waals surface area contributed by atoms with Gasteiger partial charge in [0.15, 0.2) is 11.0 Å². The largest absolute Gasteiger partial charge is 0.497 e. The van der Waals surface area contributed by atoms with Gasteiger partial charge in [-0.1, -0.05) is 35.1 Å². The molecule has 0 amide bonds. The molecule has 29 heavy (non-hydrogen) atoms. The molecule has 0 unspecified atom stereocenters. The summed E-state index contributed by atoms with van der Waals surface area (Å²) in [7, 11) is 1.65. The molecule has 0 bridgehead atoms. The van der Waals surface area contributed by atoms with Crippen molar-refractivity contribution in [1.82, 2.24) is 24.7 Å². The van der Waals surface area contributed by atoms with E-state index in [9.17, 15) is 0 Å². The second kappa shape index (κ2) is 6.98. The molecular weight excluding hydrogens is 408 g/mol. The van der Waals surface area contributed by atoms with Crippen LogP contribution in [0.25, 0.3) is 26.4 Å². The molecule has 0 atom stereocenters. The van der Waals surface area contributed by atoms with Gasteiger partial charge < -0.3 is 10.1 Å². The Labute approximate surface area is 175 Å². The number of benzene rings is 2. The standard InChI is InChI=1S/C20H15ClN6OS/c1-11-9-17(25-19-18(21)22-13-5-3-4-6-14(13)23-19)27(26-11)20-24-15-8-7-12(28-2)10-16(15)29-20/h3-10H,1-2H3,(H,23,25). The van der Waals surface area contributed by atoms with E-state index in [-0.39, 0.29) is 0 Å². The van der Waals surface area contributed by atoms with Gasteiger partial charge in [0.2, 0.25) is 5.13 Å². The molecule has 3 heterocycles. The zero-order valence-corrected chi connectivity index (χ0v) is 17.1. The van der Waals surface area contributed by atoms with Crippen molar-refractivity contribution in [2.24, 2.45) is 0 Å². The number of nitrogens with one attached hydrogen (secondary N) is 1. The summed E-state index contributed by atoms with van der Waals surface area (Å²) in [4.78, 5) is 13.7. The first-order chi connectivity index (χ1) is 14.1. The van der Waals surface area contributed by atoms with Crippen LogP contribution in [0.2, 0.25) is 5.15 Å². The first kappa shape index (κ1) is 17.8. The lowest BCUT2D eigenvalue weighted by Gasteiger charge is -2.09. The fraction of sp³-hybridized carbons (Fsp3) is 0.100. The number of para-hydroxylation sites is 2. The molecular formula is C20H15ClN6OS. The molecule has 5 rings (SSSR count). The number of halogens is 1. The highest BCUT2D eigenvalue weighted by Gasteiger charge is 2.15. The molecule has 0 saturated carbocycles. The second-order valence-electron chi connectivity index (χ2n) is 6.39. The number of hydrogen-bond acceptors (Lipinski definition) is 7. The average Bonchev–Trinajstić information content (AvgIpc) is 3.30. The van der Waals surface area contributed by atoms with Crippen molar-refractivity contribution < 1.29 is 4.74 Å². The summed E-state index contributed by atoms with van der Waals surface area (Å²) in [6.07, 6.45) is 0. The van der Waals surface area contributed by atoms with Gasteiger partial charge in [-0.25, -0.2) is 15.0 Å². The maximum Gasteiger partial charge on any atom is 0.213 e. The van der Waals surface area contributed by atoms with Gasteiger partial charge >= 0.3 is 0 Å². The molecule has 9 heteroatoms. The average molecular weight is 423 g/mol. The minimum Gasteiger partial charge on any atom is -0.497 e. The van der Waals surface area contributed by atoms with Gasteiger partial charge in [0, 0.05) is 6.07 Å². The van der Waals surface area contributed by atoms with Gasteiger partial charge in [-0.3, -0.25) is 0 Å². The van der Waals surface area contributed by atoms with Gasteiger partial charge in [0.25, 0.3) is 0 Å². The first-order valence-corrected chi connectivity index (χ1v) is 10.0. The Bertz CT molecular complexity index is 1360. The second-order valence-corrected chi connectivity index (χ2v) is 7.76. The molecule has 0 radical (unpaired) electrons. The van der Waals surface area contributed by atoms with E-state index in [1.54, 1.807) is 11.8 Å². The maximum absolute atomic E-state index is 6.36. The van der Waals surface area contributed by atoms with Crippen LogP contribution in [0.1, 0.15) is 5.69 Å². The van der Waals surface area contributed by atoms with Gasteiger partial charge in [0.05, 0.1) is 34.1 Å². The summed E-state index contributed by atoms with van der Waals surface area (Å²) < 4.78 is 8.07. The molecule has 144 valence electrons. The Hall–Kier alpha value is -3.23. The van der Waals surface area contributed by atoms with Crippen molar-refractivity contribution in [2.45, 2.75) is 6.92 Å². The van der Waals surface area contributed by atoms with E-state index in [2.05, 4.69) is 20.4 Å². The summed E-state index contributed by atoms with van der Waals surface area (Å²) in [5.74, 6) is 1.97. The molecule has 0 aliphatic heterocycles. The molecule has 2 aromatic carbocycles.